The minimum atomic E-state index is 0.795. The highest BCUT2D eigenvalue weighted by Gasteiger charge is 2.48. The van der Waals surface area contributed by atoms with Crippen molar-refractivity contribution in [2.45, 2.75) is 58.3 Å². The molecule has 0 N–H and O–H groups in total. The molecule has 0 heterocycles. The number of methoxy groups -OCH3 is 1. The van der Waals surface area contributed by atoms with Gasteiger partial charge in [0.2, 0.25) is 0 Å². The Morgan fingerprint density at radius 3 is 2.60 bits per heavy atom. The van der Waals surface area contributed by atoms with Gasteiger partial charge in [-0.15, -0.1) is 0 Å². The third kappa shape index (κ3) is 2.21. The SMILES string of the molecule is CCCC/C(=C/OC)C1CC2(CCC2)C1. The fourth-order valence-electron chi connectivity index (χ4n) is 3.22. The minimum absolute atomic E-state index is 0.795. The summed E-state index contributed by atoms with van der Waals surface area (Å²) in [6.45, 7) is 2.26. The molecule has 2 saturated carbocycles. The maximum Gasteiger partial charge on any atom is 0.0819 e. The maximum atomic E-state index is 5.22. The zero-order valence-corrected chi connectivity index (χ0v) is 10.2. The fourth-order valence-corrected chi connectivity index (χ4v) is 3.22. The Kier molecular flexibility index (Phi) is 3.38. The zero-order chi connectivity index (χ0) is 10.7. The first-order chi connectivity index (χ1) is 7.29. The van der Waals surface area contributed by atoms with Crippen LogP contribution in [-0.2, 0) is 4.74 Å². The van der Waals surface area contributed by atoms with Crippen LogP contribution in [0.2, 0.25) is 0 Å². The Bertz CT molecular complexity index is 230. The van der Waals surface area contributed by atoms with E-state index in [1.54, 1.807) is 12.7 Å². The predicted molar refractivity (Wildman–Crippen MR) is 63.6 cm³/mol. The Morgan fingerprint density at radius 1 is 1.40 bits per heavy atom. The van der Waals surface area contributed by atoms with Gasteiger partial charge in [0.1, 0.15) is 0 Å². The molecule has 0 aromatic rings. The normalized spacial score (nSPS) is 24.8. The van der Waals surface area contributed by atoms with E-state index in [2.05, 4.69) is 6.92 Å². The van der Waals surface area contributed by atoms with Crippen LogP contribution in [-0.4, -0.2) is 7.11 Å². The Hall–Kier alpha value is -0.460. The molecule has 0 bridgehead atoms. The summed E-state index contributed by atoms with van der Waals surface area (Å²) in [6.07, 6.45) is 13.3. The van der Waals surface area contributed by atoms with E-state index in [0.29, 0.717) is 0 Å². The molecule has 15 heavy (non-hydrogen) atoms. The van der Waals surface area contributed by atoms with E-state index in [-0.39, 0.29) is 0 Å². The number of rotatable bonds is 5. The van der Waals surface area contributed by atoms with E-state index in [1.807, 2.05) is 6.26 Å². The van der Waals surface area contributed by atoms with Gasteiger partial charge in [0.15, 0.2) is 0 Å². The van der Waals surface area contributed by atoms with Crippen molar-refractivity contribution in [2.75, 3.05) is 7.11 Å². The fraction of sp³-hybridized carbons (Fsp3) is 0.857. The summed E-state index contributed by atoms with van der Waals surface area (Å²) >= 11 is 0. The van der Waals surface area contributed by atoms with Crippen LogP contribution in [0.1, 0.15) is 58.3 Å². The van der Waals surface area contributed by atoms with Gasteiger partial charge >= 0.3 is 0 Å². The standard InChI is InChI=1S/C14H24O/c1-3-4-6-12(11-15-2)13-9-14(10-13)7-5-8-14/h11,13H,3-10H2,1-2H3/b12-11-. The number of ether oxygens (including phenoxy) is 1. The number of hydrogen-bond donors (Lipinski definition) is 0. The molecule has 0 aromatic heterocycles. The summed E-state index contributed by atoms with van der Waals surface area (Å²) in [6, 6.07) is 0. The van der Waals surface area contributed by atoms with Gasteiger partial charge in [-0.2, -0.15) is 0 Å². The minimum Gasteiger partial charge on any atom is -0.504 e. The van der Waals surface area contributed by atoms with Gasteiger partial charge in [-0.05, 0) is 55.4 Å². The average Bonchev–Trinajstić information content (AvgIpc) is 2.09. The Morgan fingerprint density at radius 2 is 2.13 bits per heavy atom. The van der Waals surface area contributed by atoms with Crippen LogP contribution in [0, 0.1) is 11.3 Å². The number of hydrogen-bond acceptors (Lipinski definition) is 1. The van der Waals surface area contributed by atoms with Crippen molar-refractivity contribution in [2.24, 2.45) is 11.3 Å². The molecule has 2 fully saturated rings. The van der Waals surface area contributed by atoms with Crippen LogP contribution in [0.15, 0.2) is 11.8 Å². The number of unbranched alkanes of at least 4 members (excludes halogenated alkanes) is 1. The second-order valence-corrected chi connectivity index (χ2v) is 5.49. The highest BCUT2D eigenvalue weighted by Crippen LogP contribution is 2.60. The molecule has 2 rings (SSSR count). The monoisotopic (exact) mass is 208 g/mol. The largest absolute Gasteiger partial charge is 0.504 e. The molecule has 0 aliphatic heterocycles. The third-order valence-corrected chi connectivity index (χ3v) is 4.39. The van der Waals surface area contributed by atoms with Crippen molar-refractivity contribution in [3.8, 4) is 0 Å². The summed E-state index contributed by atoms with van der Waals surface area (Å²) in [5, 5.41) is 0. The average molecular weight is 208 g/mol. The third-order valence-electron chi connectivity index (χ3n) is 4.39. The van der Waals surface area contributed by atoms with E-state index in [4.69, 9.17) is 4.74 Å². The number of allylic oxidation sites excluding steroid dienone is 1. The van der Waals surface area contributed by atoms with Crippen LogP contribution < -0.4 is 0 Å². The Labute approximate surface area is 93.9 Å². The lowest BCUT2D eigenvalue weighted by Crippen LogP contribution is -2.43. The second-order valence-electron chi connectivity index (χ2n) is 5.49. The first kappa shape index (κ1) is 11.0. The summed E-state index contributed by atoms with van der Waals surface area (Å²) in [5.74, 6) is 0.858. The summed E-state index contributed by atoms with van der Waals surface area (Å²) in [7, 11) is 1.78. The van der Waals surface area contributed by atoms with Crippen LogP contribution >= 0.6 is 0 Å². The summed E-state index contributed by atoms with van der Waals surface area (Å²) in [5.41, 5.74) is 2.38. The molecule has 1 nitrogen and oxygen atoms in total. The van der Waals surface area contributed by atoms with Crippen LogP contribution in [0.5, 0.6) is 0 Å². The molecule has 0 radical (unpaired) electrons. The van der Waals surface area contributed by atoms with Crippen molar-refractivity contribution >= 4 is 0 Å². The van der Waals surface area contributed by atoms with Crippen LogP contribution in [0.25, 0.3) is 0 Å². The highest BCUT2D eigenvalue weighted by atomic mass is 16.5. The van der Waals surface area contributed by atoms with Gasteiger partial charge in [0.25, 0.3) is 0 Å². The van der Waals surface area contributed by atoms with Gasteiger partial charge in [-0.1, -0.05) is 19.8 Å². The van der Waals surface area contributed by atoms with Gasteiger partial charge < -0.3 is 4.74 Å². The van der Waals surface area contributed by atoms with Crippen molar-refractivity contribution < 1.29 is 4.74 Å². The van der Waals surface area contributed by atoms with Crippen molar-refractivity contribution in [1.29, 1.82) is 0 Å². The quantitative estimate of drug-likeness (QED) is 0.612. The molecular formula is C14H24O. The van der Waals surface area contributed by atoms with Crippen LogP contribution in [0.3, 0.4) is 0 Å². The summed E-state index contributed by atoms with van der Waals surface area (Å²) in [4.78, 5) is 0. The molecule has 1 spiro atoms. The van der Waals surface area contributed by atoms with Gasteiger partial charge in [0, 0.05) is 0 Å². The van der Waals surface area contributed by atoms with E-state index in [0.717, 1.165) is 11.3 Å². The van der Waals surface area contributed by atoms with E-state index < -0.39 is 0 Å². The van der Waals surface area contributed by atoms with Gasteiger partial charge in [-0.3, -0.25) is 0 Å². The van der Waals surface area contributed by atoms with Crippen molar-refractivity contribution in [3.05, 3.63) is 11.8 Å². The predicted octanol–water partition coefficient (Wildman–Crippen LogP) is 4.29. The van der Waals surface area contributed by atoms with Gasteiger partial charge in [-0.25, -0.2) is 0 Å². The molecule has 0 amide bonds. The Balaban J connectivity index is 1.82. The van der Waals surface area contributed by atoms with Gasteiger partial charge in [0.05, 0.1) is 13.4 Å². The molecule has 2 aliphatic rings. The molecule has 0 saturated heterocycles. The molecule has 86 valence electrons. The lowest BCUT2D eigenvalue weighted by molar-refractivity contribution is -0.0112. The van der Waals surface area contributed by atoms with E-state index >= 15 is 0 Å². The van der Waals surface area contributed by atoms with Crippen molar-refractivity contribution in [3.63, 3.8) is 0 Å². The molecular weight excluding hydrogens is 184 g/mol. The molecule has 0 atom stereocenters. The van der Waals surface area contributed by atoms with Crippen molar-refractivity contribution in [1.82, 2.24) is 0 Å². The molecule has 0 unspecified atom stereocenters. The lowest BCUT2D eigenvalue weighted by Gasteiger charge is -2.55. The van der Waals surface area contributed by atoms with Crippen LogP contribution in [0.4, 0.5) is 0 Å². The second kappa shape index (κ2) is 4.59. The zero-order valence-electron chi connectivity index (χ0n) is 10.2. The maximum absolute atomic E-state index is 5.22. The first-order valence-electron chi connectivity index (χ1n) is 6.51. The van der Waals surface area contributed by atoms with E-state index in [1.165, 1.54) is 51.4 Å². The smallest absolute Gasteiger partial charge is 0.0819 e. The lowest BCUT2D eigenvalue weighted by atomic mass is 9.50. The van der Waals surface area contributed by atoms with E-state index in [9.17, 15) is 0 Å². The topological polar surface area (TPSA) is 9.23 Å². The summed E-state index contributed by atoms with van der Waals surface area (Å²) < 4.78 is 5.22. The molecule has 0 aromatic carbocycles. The molecule has 2 aliphatic carbocycles. The molecule has 1 heteroatoms. The first-order valence-corrected chi connectivity index (χ1v) is 6.51. The highest BCUT2D eigenvalue weighted by molar-refractivity contribution is 5.14.